The van der Waals surface area contributed by atoms with Gasteiger partial charge in [-0.05, 0) is 42.9 Å². The maximum absolute atomic E-state index is 13.1. The van der Waals surface area contributed by atoms with Crippen LogP contribution in [0.25, 0.3) is 0 Å². The Balaban J connectivity index is 2.21. The van der Waals surface area contributed by atoms with Crippen LogP contribution in [0.3, 0.4) is 0 Å². The lowest BCUT2D eigenvalue weighted by Gasteiger charge is -2.61. The zero-order chi connectivity index (χ0) is 20.2. The highest BCUT2D eigenvalue weighted by Gasteiger charge is 2.68. The topological polar surface area (TPSA) is 83.8 Å². The first-order valence-electron chi connectivity index (χ1n) is 10.2. The van der Waals surface area contributed by atoms with E-state index in [0.29, 0.717) is 12.8 Å². The number of hydrogen-bond acceptors (Lipinski definition) is 5. The van der Waals surface area contributed by atoms with Crippen LogP contribution >= 0.6 is 0 Å². The second kappa shape index (κ2) is 6.70. The molecule has 3 aliphatic rings. The van der Waals surface area contributed by atoms with Crippen molar-refractivity contribution in [2.45, 2.75) is 72.0 Å². The molecule has 5 heteroatoms. The SMILES string of the molecule is C=C[C@@]1(C)C[C@@H](OC(=O)CO)[C@]2(C)C(C)CC[C@]3(CCC(=O)C32)[C@@H](C)[C@@H]1O. The highest BCUT2D eigenvalue weighted by molar-refractivity contribution is 5.85. The van der Waals surface area contributed by atoms with E-state index >= 15 is 0 Å². The van der Waals surface area contributed by atoms with Crippen molar-refractivity contribution >= 4 is 11.8 Å². The summed E-state index contributed by atoms with van der Waals surface area (Å²) < 4.78 is 5.77. The minimum atomic E-state index is -0.686. The zero-order valence-corrected chi connectivity index (χ0v) is 17.0. The molecule has 0 aliphatic heterocycles. The normalized spacial score (nSPS) is 49.7. The molecule has 3 aliphatic carbocycles. The summed E-state index contributed by atoms with van der Waals surface area (Å²) in [6.07, 6.45) is 4.10. The minimum absolute atomic E-state index is 0.0433. The zero-order valence-electron chi connectivity index (χ0n) is 17.0. The molecule has 8 atom stereocenters. The van der Waals surface area contributed by atoms with E-state index in [1.165, 1.54) is 0 Å². The lowest BCUT2D eigenvalue weighted by molar-refractivity contribution is -0.207. The minimum Gasteiger partial charge on any atom is -0.460 e. The number of esters is 1. The van der Waals surface area contributed by atoms with Crippen LogP contribution in [0.15, 0.2) is 12.7 Å². The number of Topliss-reactive ketones (excluding diaryl/α,β-unsaturated/α-hetero) is 1. The fourth-order valence-electron chi connectivity index (χ4n) is 6.70. The molecule has 0 spiro atoms. The average Bonchev–Trinajstić information content (AvgIpc) is 3.00. The van der Waals surface area contributed by atoms with Crippen molar-refractivity contribution in [1.29, 1.82) is 0 Å². The van der Waals surface area contributed by atoms with E-state index in [4.69, 9.17) is 4.74 Å². The molecule has 3 fully saturated rings. The van der Waals surface area contributed by atoms with Gasteiger partial charge in [0.2, 0.25) is 0 Å². The number of hydrogen-bond donors (Lipinski definition) is 2. The molecule has 3 saturated carbocycles. The maximum Gasteiger partial charge on any atom is 0.332 e. The molecule has 0 saturated heterocycles. The van der Waals surface area contributed by atoms with E-state index in [0.717, 1.165) is 19.3 Å². The Labute approximate surface area is 162 Å². The van der Waals surface area contributed by atoms with Gasteiger partial charge in [0.15, 0.2) is 0 Å². The summed E-state index contributed by atoms with van der Waals surface area (Å²) in [6.45, 7) is 11.5. The Hall–Kier alpha value is -1.20. The van der Waals surface area contributed by atoms with Gasteiger partial charge in [0.05, 0.1) is 6.10 Å². The molecule has 152 valence electrons. The van der Waals surface area contributed by atoms with Crippen LogP contribution in [0, 0.1) is 34.0 Å². The largest absolute Gasteiger partial charge is 0.460 e. The summed E-state index contributed by atoms with van der Waals surface area (Å²) in [5.41, 5.74) is -1.43. The van der Waals surface area contributed by atoms with E-state index in [-0.39, 0.29) is 29.0 Å². The van der Waals surface area contributed by atoms with Crippen molar-refractivity contribution in [3.8, 4) is 0 Å². The van der Waals surface area contributed by atoms with E-state index in [1.807, 2.05) is 6.92 Å². The number of aliphatic hydroxyl groups excluding tert-OH is 2. The summed E-state index contributed by atoms with van der Waals surface area (Å²) in [5, 5.41) is 20.6. The first-order valence-corrected chi connectivity index (χ1v) is 10.2. The van der Waals surface area contributed by atoms with E-state index in [9.17, 15) is 19.8 Å². The maximum atomic E-state index is 13.1. The van der Waals surface area contributed by atoms with Crippen molar-refractivity contribution in [2.75, 3.05) is 6.61 Å². The molecular formula is C22H34O5. The fraction of sp³-hybridized carbons (Fsp3) is 0.818. The second-order valence-electron chi connectivity index (χ2n) is 9.72. The highest BCUT2D eigenvalue weighted by Crippen LogP contribution is 2.67. The Kier molecular flexibility index (Phi) is 5.09. The number of ketones is 1. The molecule has 0 radical (unpaired) electrons. The predicted octanol–water partition coefficient (Wildman–Crippen LogP) is 2.89. The van der Waals surface area contributed by atoms with Gasteiger partial charge in [-0.25, -0.2) is 4.79 Å². The number of ether oxygens (including phenoxy) is 1. The van der Waals surface area contributed by atoms with Crippen molar-refractivity contribution in [3.63, 3.8) is 0 Å². The summed E-state index contributed by atoms with van der Waals surface area (Å²) >= 11 is 0. The van der Waals surface area contributed by atoms with Gasteiger partial charge in [-0.15, -0.1) is 6.58 Å². The van der Waals surface area contributed by atoms with Crippen molar-refractivity contribution in [2.24, 2.45) is 34.0 Å². The molecular weight excluding hydrogens is 344 g/mol. The molecule has 0 amide bonds. The monoisotopic (exact) mass is 378 g/mol. The van der Waals surface area contributed by atoms with Crippen LogP contribution < -0.4 is 0 Å². The van der Waals surface area contributed by atoms with Gasteiger partial charge in [0, 0.05) is 23.2 Å². The van der Waals surface area contributed by atoms with Crippen molar-refractivity contribution < 1.29 is 24.5 Å². The third-order valence-electron chi connectivity index (χ3n) is 8.70. The molecule has 27 heavy (non-hydrogen) atoms. The lowest BCUT2D eigenvalue weighted by atomic mass is 9.44. The molecule has 0 aromatic carbocycles. The van der Waals surface area contributed by atoms with Gasteiger partial charge in [0.1, 0.15) is 18.5 Å². The van der Waals surface area contributed by atoms with Crippen LogP contribution in [0.1, 0.15) is 59.8 Å². The van der Waals surface area contributed by atoms with Gasteiger partial charge in [0.25, 0.3) is 0 Å². The second-order valence-corrected chi connectivity index (χ2v) is 9.72. The van der Waals surface area contributed by atoms with Gasteiger partial charge in [-0.2, -0.15) is 0 Å². The molecule has 2 unspecified atom stereocenters. The number of carbonyl (C=O) groups excluding carboxylic acids is 2. The highest BCUT2D eigenvalue weighted by atomic mass is 16.6. The van der Waals surface area contributed by atoms with Crippen LogP contribution in [0.5, 0.6) is 0 Å². The van der Waals surface area contributed by atoms with Crippen LogP contribution in [-0.2, 0) is 14.3 Å². The predicted molar refractivity (Wildman–Crippen MR) is 102 cm³/mol. The third kappa shape index (κ3) is 2.72. The van der Waals surface area contributed by atoms with Crippen molar-refractivity contribution in [1.82, 2.24) is 0 Å². The molecule has 5 nitrogen and oxygen atoms in total. The number of carbonyl (C=O) groups is 2. The molecule has 0 aromatic rings. The summed E-state index contributed by atoms with van der Waals surface area (Å²) in [6, 6.07) is 0. The Morgan fingerprint density at radius 2 is 2.00 bits per heavy atom. The van der Waals surface area contributed by atoms with Gasteiger partial charge >= 0.3 is 5.97 Å². The standard InChI is InChI=1S/C22H34O5/c1-6-20(4)11-16(27-17(25)12-23)21(5)13(2)7-9-22(14(3)19(20)26)10-8-15(24)18(21)22/h6,13-14,16,18-19,23,26H,1,7-12H2,2-5H3/t13?,14-,16+,18?,19-,20-,21-,22-/m0/s1. The molecule has 2 bridgehead atoms. The van der Waals surface area contributed by atoms with E-state index in [2.05, 4.69) is 27.4 Å². The van der Waals surface area contributed by atoms with Crippen LogP contribution in [0.4, 0.5) is 0 Å². The first-order chi connectivity index (χ1) is 12.6. The molecule has 0 aromatic heterocycles. The summed E-state index contributed by atoms with van der Waals surface area (Å²) in [5.74, 6) is -0.520. The van der Waals surface area contributed by atoms with E-state index in [1.54, 1.807) is 6.08 Å². The Morgan fingerprint density at radius 3 is 2.59 bits per heavy atom. The van der Waals surface area contributed by atoms with Crippen molar-refractivity contribution in [3.05, 3.63) is 12.7 Å². The first kappa shape index (κ1) is 20.5. The molecule has 3 rings (SSSR count). The fourth-order valence-corrected chi connectivity index (χ4v) is 6.70. The quantitative estimate of drug-likeness (QED) is 0.583. The van der Waals surface area contributed by atoms with Gasteiger partial charge < -0.3 is 14.9 Å². The van der Waals surface area contributed by atoms with Gasteiger partial charge in [-0.3, -0.25) is 4.79 Å². The summed E-state index contributed by atoms with van der Waals surface area (Å²) in [4.78, 5) is 25.2. The van der Waals surface area contributed by atoms with E-state index < -0.39 is 35.6 Å². The molecule has 0 heterocycles. The van der Waals surface area contributed by atoms with Crippen LogP contribution in [-0.4, -0.2) is 40.8 Å². The Morgan fingerprint density at radius 1 is 1.33 bits per heavy atom. The Bertz CT molecular complexity index is 645. The number of rotatable bonds is 3. The van der Waals surface area contributed by atoms with Crippen LogP contribution in [0.2, 0.25) is 0 Å². The molecule has 2 N–H and O–H groups in total. The lowest BCUT2D eigenvalue weighted by Crippen LogP contribution is -2.63. The third-order valence-corrected chi connectivity index (χ3v) is 8.70. The number of aliphatic hydroxyl groups is 2. The van der Waals surface area contributed by atoms with Gasteiger partial charge in [-0.1, -0.05) is 33.8 Å². The smallest absolute Gasteiger partial charge is 0.332 e. The summed E-state index contributed by atoms with van der Waals surface area (Å²) in [7, 11) is 0. The average molecular weight is 379 g/mol.